The van der Waals surface area contributed by atoms with Gasteiger partial charge in [0.15, 0.2) is 0 Å². The molecule has 1 N–H and O–H groups in total. The number of benzene rings is 2. The summed E-state index contributed by atoms with van der Waals surface area (Å²) >= 11 is 5.97. The summed E-state index contributed by atoms with van der Waals surface area (Å²) < 4.78 is 15.1. The molecule has 1 aliphatic rings. The first-order valence-electron chi connectivity index (χ1n) is 9.09. The van der Waals surface area contributed by atoms with Gasteiger partial charge in [-0.2, -0.15) is 0 Å². The summed E-state index contributed by atoms with van der Waals surface area (Å²) in [6.45, 7) is 5.34. The normalized spacial score (nSPS) is 17.0. The number of hydrogen-bond donors (Lipinski definition) is 1. The van der Waals surface area contributed by atoms with Crippen LogP contribution in [-0.4, -0.2) is 32.7 Å². The van der Waals surface area contributed by atoms with Crippen LogP contribution in [-0.2, 0) is 22.2 Å². The van der Waals surface area contributed by atoms with Crippen molar-refractivity contribution < 1.29 is 14.1 Å². The van der Waals surface area contributed by atoms with E-state index in [-0.39, 0.29) is 6.42 Å². The maximum atomic E-state index is 13.1. The Morgan fingerprint density at radius 3 is 2.37 bits per heavy atom. The topological polar surface area (TPSA) is 57.6 Å². The predicted octanol–water partition coefficient (Wildman–Crippen LogP) is 4.49. The standard InChI is InChI=1S/C21H24ClNO3S/c1-14-11-15(2)20(12-18(14)13-21(24)25)27(26)23-9-7-17(8-10-23)16-3-5-19(22)6-4-16/h3-6,11-12,17H,7-10,13H2,1-2H3,(H,24,25). The Morgan fingerprint density at radius 2 is 1.78 bits per heavy atom. The zero-order chi connectivity index (χ0) is 19.6. The lowest BCUT2D eigenvalue weighted by Gasteiger charge is -2.31. The maximum absolute atomic E-state index is 13.1. The number of aryl methyl sites for hydroxylation is 2. The van der Waals surface area contributed by atoms with E-state index in [1.54, 1.807) is 6.07 Å². The third kappa shape index (κ3) is 4.78. The minimum Gasteiger partial charge on any atom is -0.481 e. The second-order valence-corrected chi connectivity index (χ2v) is 9.01. The van der Waals surface area contributed by atoms with Crippen molar-refractivity contribution >= 4 is 28.6 Å². The van der Waals surface area contributed by atoms with Crippen molar-refractivity contribution in [2.75, 3.05) is 13.1 Å². The smallest absolute Gasteiger partial charge is 0.307 e. The number of rotatable bonds is 5. The molecule has 1 saturated heterocycles. The van der Waals surface area contributed by atoms with Crippen molar-refractivity contribution in [1.29, 1.82) is 0 Å². The van der Waals surface area contributed by atoms with Gasteiger partial charge in [-0.25, -0.2) is 8.51 Å². The van der Waals surface area contributed by atoms with Gasteiger partial charge in [0.1, 0.15) is 11.0 Å². The SMILES string of the molecule is Cc1cc(C)c(S(=O)N2CCC(c3ccc(Cl)cc3)CC2)cc1CC(=O)O. The molecule has 3 rings (SSSR count). The molecule has 0 aliphatic carbocycles. The number of carbonyl (C=O) groups is 1. The van der Waals surface area contributed by atoms with E-state index in [0.717, 1.165) is 52.5 Å². The summed E-state index contributed by atoms with van der Waals surface area (Å²) in [6, 6.07) is 11.7. The average molecular weight is 406 g/mol. The molecule has 2 aromatic carbocycles. The largest absolute Gasteiger partial charge is 0.481 e. The second kappa shape index (κ2) is 8.55. The highest BCUT2D eigenvalue weighted by molar-refractivity contribution is 7.82. The van der Waals surface area contributed by atoms with Crippen LogP contribution in [0.25, 0.3) is 0 Å². The summed E-state index contributed by atoms with van der Waals surface area (Å²) in [6.07, 6.45) is 1.84. The minimum absolute atomic E-state index is 0.0467. The van der Waals surface area contributed by atoms with Gasteiger partial charge in [-0.3, -0.25) is 4.79 Å². The monoisotopic (exact) mass is 405 g/mol. The molecule has 1 atom stereocenters. The summed E-state index contributed by atoms with van der Waals surface area (Å²) in [5.41, 5.74) is 3.88. The zero-order valence-electron chi connectivity index (χ0n) is 15.6. The Hall–Kier alpha value is -1.69. The van der Waals surface area contributed by atoms with Gasteiger partial charge in [0.2, 0.25) is 0 Å². The maximum Gasteiger partial charge on any atom is 0.307 e. The van der Waals surface area contributed by atoms with Crippen molar-refractivity contribution in [2.45, 2.75) is 43.9 Å². The Morgan fingerprint density at radius 1 is 1.15 bits per heavy atom. The molecule has 1 aliphatic heterocycles. The first-order chi connectivity index (χ1) is 12.8. The molecule has 2 aromatic rings. The van der Waals surface area contributed by atoms with Crippen molar-refractivity contribution in [3.63, 3.8) is 0 Å². The quantitative estimate of drug-likeness (QED) is 0.797. The van der Waals surface area contributed by atoms with E-state index >= 15 is 0 Å². The van der Waals surface area contributed by atoms with E-state index in [4.69, 9.17) is 16.7 Å². The van der Waals surface area contributed by atoms with Crippen LogP contribution in [0, 0.1) is 13.8 Å². The minimum atomic E-state index is -1.27. The van der Waals surface area contributed by atoms with Gasteiger partial charge in [0.25, 0.3) is 0 Å². The van der Waals surface area contributed by atoms with Crippen molar-refractivity contribution in [3.8, 4) is 0 Å². The molecule has 144 valence electrons. The molecule has 0 aromatic heterocycles. The second-order valence-electron chi connectivity index (χ2n) is 7.12. The Bertz CT molecular complexity index is 858. The van der Waals surface area contributed by atoms with Crippen LogP contribution >= 0.6 is 11.6 Å². The van der Waals surface area contributed by atoms with E-state index < -0.39 is 17.0 Å². The van der Waals surface area contributed by atoms with E-state index in [2.05, 4.69) is 12.1 Å². The van der Waals surface area contributed by atoms with Crippen LogP contribution in [0.15, 0.2) is 41.3 Å². The molecule has 1 unspecified atom stereocenters. The van der Waals surface area contributed by atoms with E-state index in [0.29, 0.717) is 5.92 Å². The number of halogens is 1. The van der Waals surface area contributed by atoms with Gasteiger partial charge in [0, 0.05) is 18.1 Å². The summed E-state index contributed by atoms with van der Waals surface area (Å²) in [7, 11) is -1.27. The number of hydrogen-bond acceptors (Lipinski definition) is 2. The molecule has 0 radical (unpaired) electrons. The lowest BCUT2D eigenvalue weighted by molar-refractivity contribution is -0.136. The third-order valence-corrected chi connectivity index (χ3v) is 7.10. The zero-order valence-corrected chi connectivity index (χ0v) is 17.1. The number of carboxylic acid groups (broad SMARTS) is 1. The van der Waals surface area contributed by atoms with E-state index in [1.165, 1.54) is 5.56 Å². The van der Waals surface area contributed by atoms with Crippen LogP contribution in [0.4, 0.5) is 0 Å². The highest BCUT2D eigenvalue weighted by Gasteiger charge is 2.26. The van der Waals surface area contributed by atoms with Crippen molar-refractivity contribution in [3.05, 3.63) is 63.7 Å². The van der Waals surface area contributed by atoms with Crippen LogP contribution in [0.5, 0.6) is 0 Å². The first kappa shape index (κ1) is 20.1. The lowest BCUT2D eigenvalue weighted by atomic mass is 9.90. The van der Waals surface area contributed by atoms with Gasteiger partial charge in [0.05, 0.1) is 11.3 Å². The van der Waals surface area contributed by atoms with Crippen LogP contribution < -0.4 is 0 Å². The van der Waals surface area contributed by atoms with Gasteiger partial charge in [-0.1, -0.05) is 29.8 Å². The number of aliphatic carboxylic acids is 1. The molecule has 0 saturated carbocycles. The fourth-order valence-corrected chi connectivity index (χ4v) is 5.17. The van der Waals surface area contributed by atoms with Gasteiger partial charge < -0.3 is 5.11 Å². The molecule has 4 nitrogen and oxygen atoms in total. The predicted molar refractivity (Wildman–Crippen MR) is 109 cm³/mol. The van der Waals surface area contributed by atoms with Crippen LogP contribution in [0.1, 0.15) is 41.0 Å². The van der Waals surface area contributed by atoms with Gasteiger partial charge >= 0.3 is 5.97 Å². The molecule has 1 fully saturated rings. The Balaban J connectivity index is 1.72. The molecule has 1 heterocycles. The molecule has 0 amide bonds. The highest BCUT2D eigenvalue weighted by Crippen LogP contribution is 2.31. The van der Waals surface area contributed by atoms with E-state index in [1.807, 2.05) is 36.4 Å². The molecule has 27 heavy (non-hydrogen) atoms. The molecular formula is C21H24ClNO3S. The van der Waals surface area contributed by atoms with Gasteiger partial charge in [-0.15, -0.1) is 0 Å². The molecule has 0 bridgehead atoms. The summed E-state index contributed by atoms with van der Waals surface area (Å²) in [5.74, 6) is -0.417. The van der Waals surface area contributed by atoms with Crippen LogP contribution in [0.2, 0.25) is 5.02 Å². The number of piperidine rings is 1. The first-order valence-corrected chi connectivity index (χ1v) is 10.6. The average Bonchev–Trinajstić information content (AvgIpc) is 2.64. The fourth-order valence-electron chi connectivity index (χ4n) is 3.64. The Kier molecular flexibility index (Phi) is 6.35. The fraction of sp³-hybridized carbons (Fsp3) is 0.381. The Labute approximate surface area is 167 Å². The highest BCUT2D eigenvalue weighted by atomic mass is 35.5. The lowest BCUT2D eigenvalue weighted by Crippen LogP contribution is -2.34. The summed E-state index contributed by atoms with van der Waals surface area (Å²) in [4.78, 5) is 11.8. The molecule has 6 heteroatoms. The molecule has 0 spiro atoms. The number of nitrogens with zero attached hydrogens (tertiary/aromatic N) is 1. The molecular weight excluding hydrogens is 382 g/mol. The third-order valence-electron chi connectivity index (χ3n) is 5.19. The number of carboxylic acids is 1. The van der Waals surface area contributed by atoms with Crippen LogP contribution in [0.3, 0.4) is 0 Å². The van der Waals surface area contributed by atoms with Crippen molar-refractivity contribution in [2.24, 2.45) is 0 Å². The van der Waals surface area contributed by atoms with Gasteiger partial charge in [-0.05, 0) is 73.1 Å². The van der Waals surface area contributed by atoms with Crippen molar-refractivity contribution in [1.82, 2.24) is 4.31 Å². The summed E-state index contributed by atoms with van der Waals surface area (Å²) in [5, 5.41) is 9.84. The van der Waals surface area contributed by atoms with E-state index in [9.17, 15) is 9.00 Å².